The molecule has 0 saturated carbocycles. The molecule has 0 radical (unpaired) electrons. The van der Waals surface area contributed by atoms with Crippen LogP contribution in [0.5, 0.6) is 0 Å². The zero-order chi connectivity index (χ0) is 15.1. The van der Waals surface area contributed by atoms with Crippen LogP contribution in [-0.4, -0.2) is 25.8 Å². The minimum Gasteiger partial charge on any atom is -0.207 e. The molecular weight excluding hydrogens is 385 g/mol. The zero-order valence-electron chi connectivity index (χ0n) is 11.3. The number of sulfonamides is 1. The maximum absolute atomic E-state index is 12.8. The predicted molar refractivity (Wildman–Crippen MR) is 85.9 cm³/mol. The van der Waals surface area contributed by atoms with Gasteiger partial charge in [0.2, 0.25) is 10.0 Å². The smallest absolute Gasteiger partial charge is 0.207 e. The molecule has 1 aliphatic rings. The molecule has 0 amide bonds. The summed E-state index contributed by atoms with van der Waals surface area (Å²) in [7, 11) is -3.66. The molecule has 7 heteroatoms. The summed E-state index contributed by atoms with van der Waals surface area (Å²) in [6.45, 7) is 5.13. The van der Waals surface area contributed by atoms with Crippen molar-refractivity contribution in [2.75, 3.05) is 13.1 Å². The largest absolute Gasteiger partial charge is 0.246 e. The van der Waals surface area contributed by atoms with Crippen molar-refractivity contribution in [2.45, 2.75) is 31.6 Å². The first-order valence-electron chi connectivity index (χ1n) is 6.28. The van der Waals surface area contributed by atoms with E-state index in [1.807, 2.05) is 0 Å². The zero-order valence-corrected chi connectivity index (χ0v) is 15.2. The van der Waals surface area contributed by atoms with Crippen LogP contribution < -0.4 is 0 Å². The van der Waals surface area contributed by atoms with Crippen molar-refractivity contribution in [3.8, 4) is 0 Å². The summed E-state index contributed by atoms with van der Waals surface area (Å²) in [6, 6.07) is 3.10. The van der Waals surface area contributed by atoms with Gasteiger partial charge in [0.25, 0.3) is 0 Å². The fraction of sp³-hybridized carbons (Fsp3) is 0.538. The van der Waals surface area contributed by atoms with Gasteiger partial charge in [-0.1, -0.05) is 53.0 Å². The van der Waals surface area contributed by atoms with Crippen LogP contribution in [0.1, 0.15) is 26.7 Å². The summed E-state index contributed by atoms with van der Waals surface area (Å²) in [5.41, 5.74) is -0.0281. The van der Waals surface area contributed by atoms with Gasteiger partial charge in [-0.05, 0) is 30.4 Å². The van der Waals surface area contributed by atoms with E-state index >= 15 is 0 Å². The third-order valence-corrected chi connectivity index (χ3v) is 6.65. The SMILES string of the molecule is CC1(C)CCCN(S(=O)(=O)c2c(Cl)cc(Br)cc2Cl)C1. The summed E-state index contributed by atoms with van der Waals surface area (Å²) in [5.74, 6) is 0. The van der Waals surface area contributed by atoms with E-state index in [4.69, 9.17) is 23.2 Å². The Morgan fingerprint density at radius 1 is 1.25 bits per heavy atom. The molecule has 0 aliphatic carbocycles. The van der Waals surface area contributed by atoms with Gasteiger partial charge in [-0.25, -0.2) is 8.42 Å². The maximum Gasteiger partial charge on any atom is 0.246 e. The molecule has 0 spiro atoms. The van der Waals surface area contributed by atoms with Crippen LogP contribution in [-0.2, 0) is 10.0 Å². The number of halogens is 3. The highest BCUT2D eigenvalue weighted by Crippen LogP contribution is 2.38. The average molecular weight is 401 g/mol. The highest BCUT2D eigenvalue weighted by atomic mass is 79.9. The molecule has 0 atom stereocenters. The van der Waals surface area contributed by atoms with Gasteiger partial charge < -0.3 is 0 Å². The number of nitrogens with zero attached hydrogens (tertiary/aromatic N) is 1. The molecule has 20 heavy (non-hydrogen) atoms. The van der Waals surface area contributed by atoms with Crippen LogP contribution in [0.4, 0.5) is 0 Å². The van der Waals surface area contributed by atoms with Crippen LogP contribution >= 0.6 is 39.1 Å². The van der Waals surface area contributed by atoms with E-state index < -0.39 is 10.0 Å². The molecule has 112 valence electrons. The first-order valence-corrected chi connectivity index (χ1v) is 9.27. The molecule has 1 saturated heterocycles. The van der Waals surface area contributed by atoms with E-state index in [2.05, 4.69) is 29.8 Å². The average Bonchev–Trinajstić information content (AvgIpc) is 2.25. The van der Waals surface area contributed by atoms with Crippen molar-refractivity contribution in [2.24, 2.45) is 5.41 Å². The van der Waals surface area contributed by atoms with Crippen LogP contribution in [0.25, 0.3) is 0 Å². The van der Waals surface area contributed by atoms with E-state index in [0.717, 1.165) is 12.8 Å². The van der Waals surface area contributed by atoms with Crippen LogP contribution in [0.2, 0.25) is 10.0 Å². The van der Waals surface area contributed by atoms with Crippen LogP contribution in [0.3, 0.4) is 0 Å². The lowest BCUT2D eigenvalue weighted by atomic mass is 9.85. The minimum atomic E-state index is -3.66. The topological polar surface area (TPSA) is 37.4 Å². The molecular formula is C13H16BrCl2NO2S. The lowest BCUT2D eigenvalue weighted by Crippen LogP contribution is -2.43. The Balaban J connectivity index is 2.46. The third-order valence-electron chi connectivity index (χ3n) is 3.43. The molecule has 0 N–H and O–H groups in total. The van der Waals surface area contributed by atoms with E-state index in [-0.39, 0.29) is 20.4 Å². The molecule has 1 aromatic carbocycles. The normalized spacial score (nSPS) is 20.1. The van der Waals surface area contributed by atoms with Gasteiger partial charge in [0.15, 0.2) is 0 Å². The van der Waals surface area contributed by atoms with Crippen LogP contribution in [0.15, 0.2) is 21.5 Å². The number of hydrogen-bond donors (Lipinski definition) is 0. The van der Waals surface area contributed by atoms with Crippen LogP contribution in [0, 0.1) is 5.41 Å². The Kier molecular flexibility index (Phi) is 4.77. The summed E-state index contributed by atoms with van der Waals surface area (Å²) in [6.07, 6.45) is 1.86. The molecule has 1 heterocycles. The van der Waals surface area contributed by atoms with Gasteiger partial charge in [-0.2, -0.15) is 4.31 Å². The second-order valence-corrected chi connectivity index (χ2v) is 9.41. The first kappa shape index (κ1) is 16.6. The van der Waals surface area contributed by atoms with E-state index in [1.54, 1.807) is 12.1 Å². The monoisotopic (exact) mass is 399 g/mol. The second kappa shape index (κ2) is 5.76. The van der Waals surface area contributed by atoms with Crippen molar-refractivity contribution in [1.82, 2.24) is 4.31 Å². The maximum atomic E-state index is 12.8. The van der Waals surface area contributed by atoms with Gasteiger partial charge in [0.05, 0.1) is 10.0 Å². The lowest BCUT2D eigenvalue weighted by Gasteiger charge is -2.37. The fourth-order valence-corrected chi connectivity index (χ4v) is 6.03. The lowest BCUT2D eigenvalue weighted by molar-refractivity contribution is 0.187. The van der Waals surface area contributed by atoms with E-state index in [9.17, 15) is 8.42 Å². The van der Waals surface area contributed by atoms with Crippen molar-refractivity contribution in [3.05, 3.63) is 26.7 Å². The summed E-state index contributed by atoms with van der Waals surface area (Å²) in [4.78, 5) is 0.00160. The van der Waals surface area contributed by atoms with Crippen molar-refractivity contribution in [1.29, 1.82) is 0 Å². The van der Waals surface area contributed by atoms with Gasteiger partial charge in [0, 0.05) is 17.6 Å². The third kappa shape index (κ3) is 3.33. The Labute approximate surface area is 138 Å². The Morgan fingerprint density at radius 2 is 1.80 bits per heavy atom. The molecule has 0 unspecified atom stereocenters. The second-order valence-electron chi connectivity index (χ2n) is 5.80. The highest BCUT2D eigenvalue weighted by molar-refractivity contribution is 9.10. The standard InChI is InChI=1S/C13H16BrCl2NO2S/c1-13(2)4-3-5-17(8-13)20(18,19)12-10(15)6-9(14)7-11(12)16/h6-7H,3-5,8H2,1-2H3. The summed E-state index contributed by atoms with van der Waals surface area (Å²) >= 11 is 15.4. The highest BCUT2D eigenvalue weighted by Gasteiger charge is 2.36. The van der Waals surface area contributed by atoms with Crippen molar-refractivity contribution < 1.29 is 8.42 Å². The van der Waals surface area contributed by atoms with Crippen molar-refractivity contribution in [3.63, 3.8) is 0 Å². The quantitative estimate of drug-likeness (QED) is 0.729. The minimum absolute atomic E-state index is 0.00160. The molecule has 1 fully saturated rings. The fourth-order valence-electron chi connectivity index (χ4n) is 2.48. The molecule has 0 aromatic heterocycles. The van der Waals surface area contributed by atoms with Gasteiger partial charge in [-0.15, -0.1) is 0 Å². The van der Waals surface area contributed by atoms with Gasteiger partial charge in [0.1, 0.15) is 4.90 Å². The summed E-state index contributed by atoms with van der Waals surface area (Å²) in [5, 5.41) is 0.292. The number of rotatable bonds is 2. The molecule has 1 aliphatic heterocycles. The number of hydrogen-bond acceptors (Lipinski definition) is 2. The van der Waals surface area contributed by atoms with Crippen molar-refractivity contribution >= 4 is 49.2 Å². The Hall–Kier alpha value is 0.190. The summed E-state index contributed by atoms with van der Waals surface area (Å²) < 4.78 is 27.7. The Bertz CT molecular complexity index is 608. The predicted octanol–water partition coefficient (Wildman–Crippen LogP) is 4.57. The van der Waals surface area contributed by atoms with Gasteiger partial charge >= 0.3 is 0 Å². The first-order chi connectivity index (χ1) is 9.13. The number of piperidine rings is 1. The molecule has 2 rings (SSSR count). The number of benzene rings is 1. The Morgan fingerprint density at radius 3 is 2.30 bits per heavy atom. The van der Waals surface area contributed by atoms with Gasteiger partial charge in [-0.3, -0.25) is 0 Å². The molecule has 0 bridgehead atoms. The molecule has 3 nitrogen and oxygen atoms in total. The van der Waals surface area contributed by atoms with E-state index in [0.29, 0.717) is 17.6 Å². The molecule has 1 aromatic rings. The van der Waals surface area contributed by atoms with E-state index in [1.165, 1.54) is 4.31 Å².